The highest BCUT2D eigenvalue weighted by atomic mass is 28.3. The van der Waals surface area contributed by atoms with E-state index in [1.807, 2.05) is 0 Å². The SMILES string of the molecule is C/C=C/[C@H](C(C)C)[Si](C)(C)c1ccccc1. The molecule has 0 fully saturated rings. The third kappa shape index (κ3) is 2.85. The molecule has 0 radical (unpaired) electrons. The molecular weight excluding hydrogens is 208 g/mol. The van der Waals surface area contributed by atoms with Crippen LogP contribution in [0.15, 0.2) is 42.5 Å². The van der Waals surface area contributed by atoms with E-state index in [4.69, 9.17) is 0 Å². The van der Waals surface area contributed by atoms with Crippen LogP contribution in [0.25, 0.3) is 0 Å². The van der Waals surface area contributed by atoms with Crippen molar-refractivity contribution in [3.63, 3.8) is 0 Å². The van der Waals surface area contributed by atoms with Crippen LogP contribution in [0.1, 0.15) is 20.8 Å². The van der Waals surface area contributed by atoms with Crippen LogP contribution >= 0.6 is 0 Å². The molecule has 1 aromatic rings. The lowest BCUT2D eigenvalue weighted by Gasteiger charge is -2.34. The number of allylic oxidation sites excluding steroid dienone is 2. The van der Waals surface area contributed by atoms with Crippen molar-refractivity contribution in [2.24, 2.45) is 5.92 Å². The monoisotopic (exact) mass is 232 g/mol. The van der Waals surface area contributed by atoms with Crippen LogP contribution in [0.4, 0.5) is 0 Å². The first-order valence-electron chi connectivity index (χ1n) is 6.18. The van der Waals surface area contributed by atoms with Gasteiger partial charge in [0.05, 0.1) is 8.07 Å². The van der Waals surface area contributed by atoms with Gasteiger partial charge in [-0.3, -0.25) is 0 Å². The molecule has 0 N–H and O–H groups in total. The van der Waals surface area contributed by atoms with Gasteiger partial charge in [-0.15, -0.1) is 0 Å². The van der Waals surface area contributed by atoms with E-state index in [1.165, 1.54) is 0 Å². The van der Waals surface area contributed by atoms with Crippen molar-refractivity contribution in [2.75, 3.05) is 0 Å². The van der Waals surface area contributed by atoms with Gasteiger partial charge in [0.2, 0.25) is 0 Å². The predicted molar refractivity (Wildman–Crippen MR) is 77.0 cm³/mol. The van der Waals surface area contributed by atoms with Crippen molar-refractivity contribution < 1.29 is 0 Å². The standard InChI is InChI=1S/C15H24Si/c1-6-10-15(13(2)3)16(4,5)14-11-8-7-9-12-14/h6-13,15H,1-5H3/b10-6+/t15-/m1/s1. The smallest absolute Gasteiger partial charge is 0.0876 e. The van der Waals surface area contributed by atoms with Crippen LogP contribution in [0.2, 0.25) is 18.6 Å². The van der Waals surface area contributed by atoms with Crippen molar-refractivity contribution in [3.8, 4) is 0 Å². The molecule has 0 unspecified atom stereocenters. The Labute approximate surface area is 101 Å². The van der Waals surface area contributed by atoms with Gasteiger partial charge in [-0.2, -0.15) is 0 Å². The Morgan fingerprint density at radius 3 is 2.06 bits per heavy atom. The molecule has 88 valence electrons. The molecule has 0 aliphatic rings. The summed E-state index contributed by atoms with van der Waals surface area (Å²) in [6.45, 7) is 11.8. The van der Waals surface area contributed by atoms with Crippen LogP contribution in [0, 0.1) is 5.92 Å². The Kier molecular flexibility index (Phi) is 4.54. The maximum Gasteiger partial charge on any atom is 0.0876 e. The van der Waals surface area contributed by atoms with Gasteiger partial charge in [0.1, 0.15) is 0 Å². The molecule has 1 heteroatoms. The first kappa shape index (κ1) is 13.2. The normalized spacial score (nSPS) is 14.6. The molecule has 0 saturated carbocycles. The Bertz CT molecular complexity index is 336. The summed E-state index contributed by atoms with van der Waals surface area (Å²) in [4.78, 5) is 0. The fourth-order valence-corrected chi connectivity index (χ4v) is 6.34. The molecule has 0 nitrogen and oxygen atoms in total. The highest BCUT2D eigenvalue weighted by Gasteiger charge is 2.33. The summed E-state index contributed by atoms with van der Waals surface area (Å²) in [5, 5.41) is 1.56. The number of rotatable bonds is 4. The fourth-order valence-electron chi connectivity index (χ4n) is 2.56. The summed E-state index contributed by atoms with van der Waals surface area (Å²) in [7, 11) is -1.38. The predicted octanol–water partition coefficient (Wildman–Crippen LogP) is 4.20. The molecule has 0 aliphatic heterocycles. The average molecular weight is 232 g/mol. The van der Waals surface area contributed by atoms with Gasteiger partial charge < -0.3 is 0 Å². The molecule has 0 amide bonds. The molecule has 0 aromatic heterocycles. The zero-order chi connectivity index (χ0) is 12.2. The van der Waals surface area contributed by atoms with Crippen molar-refractivity contribution in [3.05, 3.63) is 42.5 Å². The van der Waals surface area contributed by atoms with Gasteiger partial charge in [0.15, 0.2) is 0 Å². The lowest BCUT2D eigenvalue weighted by molar-refractivity contribution is 0.646. The first-order chi connectivity index (χ1) is 7.50. The summed E-state index contributed by atoms with van der Waals surface area (Å²) in [6.07, 6.45) is 4.62. The van der Waals surface area contributed by atoms with Crippen LogP contribution in [-0.4, -0.2) is 8.07 Å². The zero-order valence-corrected chi connectivity index (χ0v) is 12.2. The molecule has 0 aliphatic carbocycles. The average Bonchev–Trinajstić information content (AvgIpc) is 2.26. The van der Waals surface area contributed by atoms with Crippen LogP contribution in [0.3, 0.4) is 0 Å². The molecule has 16 heavy (non-hydrogen) atoms. The molecule has 0 heterocycles. The van der Waals surface area contributed by atoms with Crippen LogP contribution < -0.4 is 5.19 Å². The third-order valence-corrected chi connectivity index (χ3v) is 7.82. The lowest BCUT2D eigenvalue weighted by atomic mass is 10.1. The van der Waals surface area contributed by atoms with Crippen LogP contribution in [-0.2, 0) is 0 Å². The van der Waals surface area contributed by atoms with E-state index in [0.717, 1.165) is 11.5 Å². The molecule has 0 bridgehead atoms. The largest absolute Gasteiger partial charge is 0.0917 e. The highest BCUT2D eigenvalue weighted by molar-refractivity contribution is 6.91. The number of hydrogen-bond acceptors (Lipinski definition) is 0. The van der Waals surface area contributed by atoms with Gasteiger partial charge in [-0.25, -0.2) is 0 Å². The molecule has 1 aromatic carbocycles. The van der Waals surface area contributed by atoms with Crippen molar-refractivity contribution >= 4 is 13.3 Å². The Morgan fingerprint density at radius 2 is 1.62 bits per heavy atom. The lowest BCUT2D eigenvalue weighted by Crippen LogP contribution is -2.47. The van der Waals surface area contributed by atoms with Gasteiger partial charge in [-0.05, 0) is 18.4 Å². The molecule has 0 saturated heterocycles. The van der Waals surface area contributed by atoms with Crippen LogP contribution in [0.5, 0.6) is 0 Å². The Hall–Kier alpha value is -0.823. The van der Waals surface area contributed by atoms with E-state index in [1.54, 1.807) is 5.19 Å². The summed E-state index contributed by atoms with van der Waals surface area (Å²) < 4.78 is 0. The first-order valence-corrected chi connectivity index (χ1v) is 9.26. The van der Waals surface area contributed by atoms with E-state index in [0.29, 0.717) is 0 Å². The second kappa shape index (κ2) is 5.49. The fraction of sp³-hybridized carbons (Fsp3) is 0.467. The maximum absolute atomic E-state index is 2.48. The number of benzene rings is 1. The second-order valence-corrected chi connectivity index (χ2v) is 10.1. The van der Waals surface area contributed by atoms with E-state index >= 15 is 0 Å². The van der Waals surface area contributed by atoms with Crippen molar-refractivity contribution in [1.29, 1.82) is 0 Å². The topological polar surface area (TPSA) is 0 Å². The van der Waals surface area contributed by atoms with Gasteiger partial charge in [-0.1, -0.05) is 74.6 Å². The molecule has 1 atom stereocenters. The highest BCUT2D eigenvalue weighted by Crippen LogP contribution is 2.31. The van der Waals surface area contributed by atoms with Gasteiger partial charge in [0, 0.05) is 0 Å². The summed E-state index contributed by atoms with van der Waals surface area (Å²) in [5.41, 5.74) is 0.722. The number of hydrogen-bond donors (Lipinski definition) is 0. The van der Waals surface area contributed by atoms with E-state index in [-0.39, 0.29) is 0 Å². The molecular formula is C15H24Si. The maximum atomic E-state index is 2.48. The summed E-state index contributed by atoms with van der Waals surface area (Å²) >= 11 is 0. The van der Waals surface area contributed by atoms with E-state index < -0.39 is 8.07 Å². The minimum atomic E-state index is -1.38. The van der Waals surface area contributed by atoms with Crippen molar-refractivity contribution in [2.45, 2.75) is 39.4 Å². The third-order valence-electron chi connectivity index (χ3n) is 3.47. The van der Waals surface area contributed by atoms with Gasteiger partial charge >= 0.3 is 0 Å². The van der Waals surface area contributed by atoms with E-state index in [2.05, 4.69) is 76.3 Å². The minimum Gasteiger partial charge on any atom is -0.0917 e. The quantitative estimate of drug-likeness (QED) is 0.539. The van der Waals surface area contributed by atoms with E-state index in [9.17, 15) is 0 Å². The second-order valence-electron chi connectivity index (χ2n) is 5.38. The molecule has 1 rings (SSSR count). The Morgan fingerprint density at radius 1 is 1.06 bits per heavy atom. The van der Waals surface area contributed by atoms with Crippen molar-refractivity contribution in [1.82, 2.24) is 0 Å². The summed E-state index contributed by atoms with van der Waals surface area (Å²) in [5.74, 6) is 0.720. The Balaban J connectivity index is 3.07. The summed E-state index contributed by atoms with van der Waals surface area (Å²) in [6, 6.07) is 11.0. The van der Waals surface area contributed by atoms with Gasteiger partial charge in [0.25, 0.3) is 0 Å². The minimum absolute atomic E-state index is 0.720. The zero-order valence-electron chi connectivity index (χ0n) is 11.2. The molecule has 0 spiro atoms.